The zero-order chi connectivity index (χ0) is 8.47. The van der Waals surface area contributed by atoms with Gasteiger partial charge < -0.3 is 4.48 Å². The topological polar surface area (TPSA) is 0 Å². The molecule has 72 valence electrons. The average molecular weight is 178 g/mol. The van der Waals surface area contributed by atoms with Crippen LogP contribution < -0.4 is 0 Å². The molecule has 0 unspecified atom stereocenters. The molecule has 0 saturated carbocycles. The molecule has 0 aromatic carbocycles. The highest BCUT2D eigenvalue weighted by molar-refractivity contribution is 4.97. The monoisotopic (exact) mass is 178 g/mol. The minimum Gasteiger partial charge on any atom is -0.314 e. The van der Waals surface area contributed by atoms with Gasteiger partial charge in [0.2, 0.25) is 0 Å². The molecule has 0 aromatic heterocycles. The standard InChI is InChI=1S/C12H20N/c1-2-10-5-6-12-8-7-11-4-3-9(1)13(10,11)12/h9-12H,1-8H2/q+1/t9-,10?,11?,12+,13?. The molecular weight excluding hydrogens is 158 g/mol. The van der Waals surface area contributed by atoms with E-state index in [1.807, 2.05) is 0 Å². The fourth-order valence-corrected chi connectivity index (χ4v) is 5.69. The van der Waals surface area contributed by atoms with Gasteiger partial charge in [-0.3, -0.25) is 0 Å². The summed E-state index contributed by atoms with van der Waals surface area (Å²) in [5, 5.41) is 0. The van der Waals surface area contributed by atoms with E-state index >= 15 is 0 Å². The van der Waals surface area contributed by atoms with Gasteiger partial charge in [-0.05, 0) is 0 Å². The summed E-state index contributed by atoms with van der Waals surface area (Å²) in [6.07, 6.45) is 12.6. The number of rotatable bonds is 0. The molecule has 4 rings (SSSR count). The molecule has 4 fully saturated rings. The van der Waals surface area contributed by atoms with E-state index < -0.39 is 0 Å². The number of hydrogen-bond donors (Lipinski definition) is 0. The lowest BCUT2D eigenvalue weighted by Crippen LogP contribution is -2.55. The minimum atomic E-state index is 1.13. The van der Waals surface area contributed by atoms with Gasteiger partial charge in [0, 0.05) is 51.4 Å². The molecule has 0 aromatic rings. The first-order valence-electron chi connectivity index (χ1n) is 6.30. The van der Waals surface area contributed by atoms with Crippen LogP contribution in [0.1, 0.15) is 51.4 Å². The van der Waals surface area contributed by atoms with Crippen molar-refractivity contribution in [2.75, 3.05) is 0 Å². The van der Waals surface area contributed by atoms with Crippen molar-refractivity contribution in [3.05, 3.63) is 0 Å². The predicted octanol–water partition coefficient (Wildman–Crippen LogP) is 2.45. The minimum absolute atomic E-state index is 1.13. The second-order valence-corrected chi connectivity index (χ2v) is 5.82. The van der Waals surface area contributed by atoms with Crippen molar-refractivity contribution < 1.29 is 4.48 Å². The molecular formula is C12H20N+. The highest BCUT2D eigenvalue weighted by Crippen LogP contribution is 2.58. The van der Waals surface area contributed by atoms with Crippen LogP contribution in [0.5, 0.6) is 0 Å². The molecule has 1 nitrogen and oxygen atoms in total. The molecule has 0 atom stereocenters. The van der Waals surface area contributed by atoms with Crippen LogP contribution >= 0.6 is 0 Å². The van der Waals surface area contributed by atoms with E-state index in [0.29, 0.717) is 0 Å². The molecule has 13 heavy (non-hydrogen) atoms. The number of hydrogen-bond acceptors (Lipinski definition) is 0. The maximum absolute atomic E-state index is 1.67. The van der Waals surface area contributed by atoms with E-state index in [4.69, 9.17) is 0 Å². The second kappa shape index (κ2) is 2.13. The first-order chi connectivity index (χ1) is 6.42. The maximum atomic E-state index is 1.67. The van der Waals surface area contributed by atoms with E-state index in [2.05, 4.69) is 0 Å². The van der Waals surface area contributed by atoms with E-state index in [0.717, 1.165) is 24.2 Å². The molecule has 4 aliphatic rings. The number of nitrogens with zero attached hydrogens (tertiary/aromatic N) is 1. The molecule has 0 bridgehead atoms. The Labute approximate surface area is 80.7 Å². The molecule has 4 saturated heterocycles. The summed E-state index contributed by atoms with van der Waals surface area (Å²) in [4.78, 5) is 0. The summed E-state index contributed by atoms with van der Waals surface area (Å²) >= 11 is 0. The fourth-order valence-electron chi connectivity index (χ4n) is 5.69. The van der Waals surface area contributed by atoms with Crippen LogP contribution in [0, 0.1) is 0 Å². The Morgan fingerprint density at radius 2 is 0.692 bits per heavy atom. The Bertz CT molecular complexity index is 178. The van der Waals surface area contributed by atoms with Crippen LogP contribution in [0.15, 0.2) is 0 Å². The largest absolute Gasteiger partial charge is 0.314 e. The average Bonchev–Trinajstić information content (AvgIpc) is 2.68. The Morgan fingerprint density at radius 1 is 0.462 bits per heavy atom. The summed E-state index contributed by atoms with van der Waals surface area (Å²) in [7, 11) is 0. The fraction of sp³-hybridized carbons (Fsp3) is 1.00. The summed E-state index contributed by atoms with van der Waals surface area (Å²) < 4.78 is 1.67. The van der Waals surface area contributed by atoms with E-state index in [1.165, 1.54) is 0 Å². The van der Waals surface area contributed by atoms with Crippen molar-refractivity contribution in [1.29, 1.82) is 0 Å². The molecule has 1 spiro atoms. The Hall–Kier alpha value is -0.0400. The van der Waals surface area contributed by atoms with Gasteiger partial charge in [-0.25, -0.2) is 0 Å². The van der Waals surface area contributed by atoms with Crippen molar-refractivity contribution in [1.82, 2.24) is 0 Å². The summed E-state index contributed by atoms with van der Waals surface area (Å²) in [5.41, 5.74) is 0. The first kappa shape index (κ1) is 7.28. The normalized spacial score (nSPS) is 62.8. The lowest BCUT2D eigenvalue weighted by Gasteiger charge is -2.41. The second-order valence-electron chi connectivity index (χ2n) is 5.82. The van der Waals surface area contributed by atoms with Gasteiger partial charge in [-0.2, -0.15) is 0 Å². The molecule has 4 aliphatic heterocycles. The molecule has 0 amide bonds. The molecule has 0 N–H and O–H groups in total. The van der Waals surface area contributed by atoms with E-state index in [1.54, 1.807) is 55.8 Å². The Kier molecular flexibility index (Phi) is 1.19. The third-order valence-electron chi connectivity index (χ3n) is 5.86. The van der Waals surface area contributed by atoms with Crippen LogP contribution in [-0.4, -0.2) is 28.7 Å². The SMILES string of the molecule is C1C[C@H]2CCC3CC[C@H]4CCC1[N+]342. The number of quaternary nitrogens is 1. The zero-order valence-corrected chi connectivity index (χ0v) is 8.41. The van der Waals surface area contributed by atoms with Gasteiger partial charge in [-0.1, -0.05) is 0 Å². The van der Waals surface area contributed by atoms with Gasteiger partial charge in [0.15, 0.2) is 0 Å². The van der Waals surface area contributed by atoms with Crippen LogP contribution in [0.3, 0.4) is 0 Å². The first-order valence-corrected chi connectivity index (χ1v) is 6.30. The third kappa shape index (κ3) is 0.614. The van der Waals surface area contributed by atoms with Gasteiger partial charge in [0.1, 0.15) is 0 Å². The quantitative estimate of drug-likeness (QED) is 0.500. The predicted molar refractivity (Wildman–Crippen MR) is 52.3 cm³/mol. The van der Waals surface area contributed by atoms with E-state index in [9.17, 15) is 0 Å². The lowest BCUT2D eigenvalue weighted by molar-refractivity contribution is -0.968. The van der Waals surface area contributed by atoms with E-state index in [-0.39, 0.29) is 0 Å². The van der Waals surface area contributed by atoms with Gasteiger partial charge in [0.05, 0.1) is 24.2 Å². The third-order valence-corrected chi connectivity index (χ3v) is 5.86. The van der Waals surface area contributed by atoms with Crippen molar-refractivity contribution >= 4 is 0 Å². The maximum Gasteiger partial charge on any atom is 0.0901 e. The Balaban J connectivity index is 1.88. The van der Waals surface area contributed by atoms with Crippen molar-refractivity contribution in [2.24, 2.45) is 0 Å². The summed E-state index contributed by atoms with van der Waals surface area (Å²) in [6.45, 7) is 0. The van der Waals surface area contributed by atoms with Crippen LogP contribution in [0.4, 0.5) is 0 Å². The Morgan fingerprint density at radius 3 is 0.923 bits per heavy atom. The lowest BCUT2D eigenvalue weighted by atomic mass is 10.0. The summed E-state index contributed by atoms with van der Waals surface area (Å²) in [6, 6.07) is 4.52. The smallest absolute Gasteiger partial charge is 0.0901 e. The van der Waals surface area contributed by atoms with Crippen molar-refractivity contribution in [3.63, 3.8) is 0 Å². The zero-order valence-electron chi connectivity index (χ0n) is 8.41. The van der Waals surface area contributed by atoms with Crippen LogP contribution in [0.25, 0.3) is 0 Å². The molecule has 1 heteroatoms. The van der Waals surface area contributed by atoms with Gasteiger partial charge >= 0.3 is 0 Å². The molecule has 4 heterocycles. The van der Waals surface area contributed by atoms with Crippen LogP contribution in [-0.2, 0) is 0 Å². The molecule has 0 radical (unpaired) electrons. The van der Waals surface area contributed by atoms with Crippen LogP contribution in [0.2, 0.25) is 0 Å². The highest BCUT2D eigenvalue weighted by Gasteiger charge is 2.66. The van der Waals surface area contributed by atoms with Gasteiger partial charge in [0.25, 0.3) is 0 Å². The highest BCUT2D eigenvalue weighted by atomic mass is 15.5. The molecule has 0 aliphatic carbocycles. The van der Waals surface area contributed by atoms with Gasteiger partial charge in [-0.15, -0.1) is 0 Å². The van der Waals surface area contributed by atoms with Crippen molar-refractivity contribution in [2.45, 2.75) is 75.5 Å². The summed E-state index contributed by atoms with van der Waals surface area (Å²) in [5.74, 6) is 0. The van der Waals surface area contributed by atoms with Crippen molar-refractivity contribution in [3.8, 4) is 0 Å².